The molecule has 0 unspecified atom stereocenters. The lowest BCUT2D eigenvalue weighted by molar-refractivity contribution is 0.0954. The minimum atomic E-state index is -3.84. The predicted molar refractivity (Wildman–Crippen MR) is 129 cm³/mol. The van der Waals surface area contributed by atoms with Crippen molar-refractivity contribution in [1.82, 2.24) is 10.3 Å². The second kappa shape index (κ2) is 9.38. The van der Waals surface area contributed by atoms with E-state index in [1.54, 1.807) is 43.5 Å². The van der Waals surface area contributed by atoms with Crippen LogP contribution in [0.15, 0.2) is 83.9 Å². The van der Waals surface area contributed by atoms with Crippen LogP contribution in [0.3, 0.4) is 0 Å². The first-order chi connectivity index (χ1) is 15.9. The van der Waals surface area contributed by atoms with Gasteiger partial charge in [0.15, 0.2) is 0 Å². The minimum absolute atomic E-state index is 0.0464. The molecule has 0 bridgehead atoms. The zero-order valence-corrected chi connectivity index (χ0v) is 19.2. The average Bonchev–Trinajstić information content (AvgIpc) is 3.26. The van der Waals surface area contributed by atoms with E-state index in [4.69, 9.17) is 4.74 Å². The standard InChI is InChI=1S/C25H25N3O4S/c1-28(20-10-12-21(32-2)13-11-20)33(30,31)22-7-5-6-18(16-22)25(29)26-15-14-19-17-27-24-9-4-3-8-23(19)24/h3-13,16-17,27H,14-15H2,1-2H3,(H,26,29). The number of aromatic nitrogens is 1. The molecule has 1 aromatic heterocycles. The predicted octanol–water partition coefficient (Wildman–Crippen LogP) is 3.97. The molecule has 7 nitrogen and oxygen atoms in total. The monoisotopic (exact) mass is 463 g/mol. The van der Waals surface area contributed by atoms with Crippen molar-refractivity contribution in [2.45, 2.75) is 11.3 Å². The van der Waals surface area contributed by atoms with E-state index in [0.29, 0.717) is 24.4 Å². The lowest BCUT2D eigenvalue weighted by atomic mass is 10.1. The van der Waals surface area contributed by atoms with Gasteiger partial charge in [-0.05, 0) is 60.5 Å². The molecule has 3 aromatic carbocycles. The number of ether oxygens (including phenoxy) is 1. The Morgan fingerprint density at radius 2 is 1.79 bits per heavy atom. The quantitative estimate of drug-likeness (QED) is 0.414. The summed E-state index contributed by atoms with van der Waals surface area (Å²) in [6.45, 7) is 0.434. The number of carbonyl (C=O) groups is 1. The third-order valence-electron chi connectivity index (χ3n) is 5.55. The van der Waals surface area contributed by atoms with Crippen molar-refractivity contribution in [1.29, 1.82) is 0 Å². The summed E-state index contributed by atoms with van der Waals surface area (Å²) in [6.07, 6.45) is 2.60. The van der Waals surface area contributed by atoms with Crippen LogP contribution in [0, 0.1) is 0 Å². The Bertz CT molecular complexity index is 1380. The summed E-state index contributed by atoms with van der Waals surface area (Å²) in [5, 5.41) is 4.01. The van der Waals surface area contributed by atoms with Crippen LogP contribution in [0.2, 0.25) is 0 Å². The molecule has 0 aliphatic rings. The van der Waals surface area contributed by atoms with Gasteiger partial charge >= 0.3 is 0 Å². The Balaban J connectivity index is 1.45. The summed E-state index contributed by atoms with van der Waals surface area (Å²) in [7, 11) is -0.814. The third-order valence-corrected chi connectivity index (χ3v) is 7.33. The van der Waals surface area contributed by atoms with Gasteiger partial charge in [-0.2, -0.15) is 0 Å². The van der Waals surface area contributed by atoms with Gasteiger partial charge in [0.1, 0.15) is 5.75 Å². The number of carbonyl (C=O) groups excluding carboxylic acids is 1. The highest BCUT2D eigenvalue weighted by Gasteiger charge is 2.22. The highest BCUT2D eigenvalue weighted by atomic mass is 32.2. The molecule has 0 aliphatic carbocycles. The van der Waals surface area contributed by atoms with Crippen molar-refractivity contribution in [3.8, 4) is 5.75 Å². The maximum atomic E-state index is 13.1. The normalized spacial score (nSPS) is 11.3. The van der Waals surface area contributed by atoms with Crippen molar-refractivity contribution < 1.29 is 17.9 Å². The Hall–Kier alpha value is -3.78. The summed E-state index contributed by atoms with van der Waals surface area (Å²) in [5.74, 6) is 0.315. The molecule has 0 aliphatic heterocycles. The van der Waals surface area contributed by atoms with Gasteiger partial charge < -0.3 is 15.0 Å². The zero-order valence-electron chi connectivity index (χ0n) is 18.4. The number of para-hydroxylation sites is 1. The molecule has 0 radical (unpaired) electrons. The number of methoxy groups -OCH3 is 1. The number of rotatable bonds is 8. The van der Waals surface area contributed by atoms with E-state index in [2.05, 4.69) is 10.3 Å². The van der Waals surface area contributed by atoms with Crippen molar-refractivity contribution >= 4 is 32.5 Å². The molecular weight excluding hydrogens is 438 g/mol. The van der Waals surface area contributed by atoms with Gasteiger partial charge in [0.05, 0.1) is 17.7 Å². The maximum absolute atomic E-state index is 13.1. The fourth-order valence-electron chi connectivity index (χ4n) is 3.64. The molecule has 0 fully saturated rings. The van der Waals surface area contributed by atoms with Crippen LogP contribution in [-0.4, -0.2) is 40.0 Å². The molecule has 4 aromatic rings. The second-order valence-corrected chi connectivity index (χ2v) is 9.53. The molecule has 8 heteroatoms. The summed E-state index contributed by atoms with van der Waals surface area (Å²) in [6, 6.07) is 20.8. The second-order valence-electron chi connectivity index (χ2n) is 7.56. The van der Waals surface area contributed by atoms with Gasteiger partial charge in [-0.25, -0.2) is 8.42 Å². The number of sulfonamides is 1. The van der Waals surface area contributed by atoms with E-state index < -0.39 is 10.0 Å². The molecule has 4 rings (SSSR count). The van der Waals surface area contributed by atoms with Crippen molar-refractivity contribution in [2.24, 2.45) is 0 Å². The number of amides is 1. The number of benzene rings is 3. The van der Waals surface area contributed by atoms with Gasteiger partial charge in [0, 0.05) is 36.3 Å². The van der Waals surface area contributed by atoms with E-state index in [9.17, 15) is 13.2 Å². The Labute approximate surface area is 193 Å². The fraction of sp³-hybridized carbons (Fsp3) is 0.160. The Morgan fingerprint density at radius 3 is 2.55 bits per heavy atom. The van der Waals surface area contributed by atoms with E-state index in [1.807, 2.05) is 30.5 Å². The van der Waals surface area contributed by atoms with Crippen LogP contribution in [0.1, 0.15) is 15.9 Å². The number of anilines is 1. The number of nitrogens with zero attached hydrogens (tertiary/aromatic N) is 1. The molecular formula is C25H25N3O4S. The minimum Gasteiger partial charge on any atom is -0.497 e. The summed E-state index contributed by atoms with van der Waals surface area (Å²) in [4.78, 5) is 16.0. The van der Waals surface area contributed by atoms with Crippen LogP contribution in [0.4, 0.5) is 5.69 Å². The van der Waals surface area contributed by atoms with E-state index in [0.717, 1.165) is 16.5 Å². The van der Waals surface area contributed by atoms with Crippen LogP contribution < -0.4 is 14.4 Å². The first-order valence-electron chi connectivity index (χ1n) is 10.5. The van der Waals surface area contributed by atoms with Gasteiger partial charge in [0.2, 0.25) is 0 Å². The highest BCUT2D eigenvalue weighted by Crippen LogP contribution is 2.25. The summed E-state index contributed by atoms with van der Waals surface area (Å²) in [5.41, 5.74) is 2.95. The highest BCUT2D eigenvalue weighted by molar-refractivity contribution is 7.92. The zero-order chi connectivity index (χ0) is 23.4. The molecule has 0 saturated carbocycles. The van der Waals surface area contributed by atoms with Gasteiger partial charge in [0.25, 0.3) is 15.9 Å². The smallest absolute Gasteiger partial charge is 0.264 e. The Morgan fingerprint density at radius 1 is 1.03 bits per heavy atom. The van der Waals surface area contributed by atoms with Crippen LogP contribution in [0.5, 0.6) is 5.75 Å². The number of H-pyrrole nitrogens is 1. The Kier molecular flexibility index (Phi) is 6.37. The maximum Gasteiger partial charge on any atom is 0.264 e. The lowest BCUT2D eigenvalue weighted by Crippen LogP contribution is -2.28. The molecule has 1 amide bonds. The summed E-state index contributed by atoms with van der Waals surface area (Å²) < 4.78 is 32.5. The number of hydrogen-bond donors (Lipinski definition) is 2. The summed E-state index contributed by atoms with van der Waals surface area (Å²) >= 11 is 0. The molecule has 0 atom stereocenters. The van der Waals surface area contributed by atoms with Crippen molar-refractivity contribution in [2.75, 3.05) is 25.0 Å². The topological polar surface area (TPSA) is 91.5 Å². The molecule has 2 N–H and O–H groups in total. The molecule has 0 spiro atoms. The van der Waals surface area contributed by atoms with Crippen LogP contribution in [-0.2, 0) is 16.4 Å². The van der Waals surface area contributed by atoms with Gasteiger partial charge in [-0.15, -0.1) is 0 Å². The first kappa shape index (κ1) is 22.4. The number of hydrogen-bond acceptors (Lipinski definition) is 4. The third kappa shape index (κ3) is 4.70. The van der Waals surface area contributed by atoms with Crippen LogP contribution in [0.25, 0.3) is 10.9 Å². The molecule has 1 heterocycles. The average molecular weight is 464 g/mol. The van der Waals surface area contributed by atoms with E-state index in [1.165, 1.54) is 23.5 Å². The van der Waals surface area contributed by atoms with Gasteiger partial charge in [-0.3, -0.25) is 9.10 Å². The van der Waals surface area contributed by atoms with Gasteiger partial charge in [-0.1, -0.05) is 24.3 Å². The van der Waals surface area contributed by atoms with E-state index >= 15 is 0 Å². The number of aromatic amines is 1. The van der Waals surface area contributed by atoms with Crippen LogP contribution >= 0.6 is 0 Å². The van der Waals surface area contributed by atoms with Crippen molar-refractivity contribution in [3.05, 3.63) is 90.1 Å². The van der Waals surface area contributed by atoms with Crippen molar-refractivity contribution in [3.63, 3.8) is 0 Å². The fourth-order valence-corrected chi connectivity index (χ4v) is 4.88. The molecule has 33 heavy (non-hydrogen) atoms. The first-order valence-corrected chi connectivity index (χ1v) is 11.9. The number of nitrogens with one attached hydrogen (secondary N) is 2. The lowest BCUT2D eigenvalue weighted by Gasteiger charge is -2.20. The molecule has 170 valence electrons. The largest absolute Gasteiger partial charge is 0.497 e. The molecule has 0 saturated heterocycles. The SMILES string of the molecule is COc1ccc(N(C)S(=O)(=O)c2cccc(C(=O)NCCc3c[nH]c4ccccc34)c2)cc1. The van der Waals surface area contributed by atoms with E-state index in [-0.39, 0.29) is 16.4 Å². The number of fused-ring (bicyclic) bond motifs is 1.